The van der Waals surface area contributed by atoms with Gasteiger partial charge in [0.25, 0.3) is 0 Å². The number of hydrogen-bond donors (Lipinski definition) is 4. The number of carbonyl (C=O) groups excluding carboxylic acids is 2. The molecule has 1 saturated heterocycles. The summed E-state index contributed by atoms with van der Waals surface area (Å²) in [6, 6.07) is -0.608. The molecule has 7 heteroatoms. The van der Waals surface area contributed by atoms with E-state index in [4.69, 9.17) is 11.1 Å². The molecule has 5 N–H and O–H groups in total. The summed E-state index contributed by atoms with van der Waals surface area (Å²) in [6.45, 7) is 2.60. The number of hydrogen-bond acceptors (Lipinski definition) is 4. The number of guanidine groups is 1. The predicted molar refractivity (Wildman–Crippen MR) is 68.2 cm³/mol. The average molecular weight is 255 g/mol. The summed E-state index contributed by atoms with van der Waals surface area (Å²) in [5, 5.41) is 12.4. The van der Waals surface area contributed by atoms with Gasteiger partial charge < -0.3 is 16.4 Å². The van der Waals surface area contributed by atoms with E-state index in [1.807, 2.05) is 11.9 Å². The van der Waals surface area contributed by atoms with Crippen molar-refractivity contribution in [1.82, 2.24) is 15.5 Å². The Hall–Kier alpha value is -1.63. The largest absolute Gasteiger partial charge is 0.370 e. The Morgan fingerprint density at radius 1 is 1.67 bits per heavy atom. The quantitative estimate of drug-likeness (QED) is 0.275. The van der Waals surface area contributed by atoms with Gasteiger partial charge in [0.15, 0.2) is 11.7 Å². The first-order valence-electron chi connectivity index (χ1n) is 6.00. The lowest BCUT2D eigenvalue weighted by Crippen LogP contribution is -2.60. The molecule has 0 unspecified atom stereocenters. The highest BCUT2D eigenvalue weighted by atomic mass is 16.2. The maximum absolute atomic E-state index is 11.9. The Morgan fingerprint density at radius 3 is 2.83 bits per heavy atom. The average Bonchev–Trinajstić information content (AvgIpc) is 2.26. The third-order valence-corrected chi connectivity index (χ3v) is 3.08. The number of nitrogens with one attached hydrogen (secondary N) is 3. The third-order valence-electron chi connectivity index (χ3n) is 3.08. The maximum atomic E-state index is 11.9. The monoisotopic (exact) mass is 255 g/mol. The number of rotatable bonds is 5. The fraction of sp³-hybridized carbons (Fsp3) is 0.727. The van der Waals surface area contributed by atoms with Crippen LogP contribution in [0.25, 0.3) is 0 Å². The minimum Gasteiger partial charge on any atom is -0.370 e. The Bertz CT molecular complexity index is 344. The van der Waals surface area contributed by atoms with Crippen molar-refractivity contribution in [2.45, 2.75) is 31.8 Å². The van der Waals surface area contributed by atoms with Crippen molar-refractivity contribution < 1.29 is 9.59 Å². The van der Waals surface area contributed by atoms with Crippen LogP contribution < -0.4 is 16.4 Å². The summed E-state index contributed by atoms with van der Waals surface area (Å²) in [7, 11) is 1.84. The number of nitrogens with two attached hydrogens (primary N) is 1. The summed E-state index contributed by atoms with van der Waals surface area (Å²) in [5.41, 5.74) is 5.16. The first-order chi connectivity index (χ1) is 8.41. The Balaban J connectivity index is 2.40. The van der Waals surface area contributed by atoms with Crippen LogP contribution >= 0.6 is 0 Å². The fourth-order valence-electron chi connectivity index (χ4n) is 2.03. The highest BCUT2D eigenvalue weighted by Crippen LogP contribution is 2.11. The van der Waals surface area contributed by atoms with Crippen molar-refractivity contribution in [3.8, 4) is 0 Å². The number of likely N-dealkylation sites (N-methyl/N-ethyl adjacent to an activating group) is 1. The highest BCUT2D eigenvalue weighted by molar-refractivity contribution is 5.91. The van der Waals surface area contributed by atoms with Gasteiger partial charge in [-0.15, -0.1) is 0 Å². The maximum Gasteiger partial charge on any atom is 0.237 e. The summed E-state index contributed by atoms with van der Waals surface area (Å²) in [6.07, 6.45) is 1.42. The number of carbonyl (C=O) groups is 2. The van der Waals surface area contributed by atoms with Crippen LogP contribution in [0.15, 0.2) is 0 Å². The molecule has 18 heavy (non-hydrogen) atoms. The zero-order chi connectivity index (χ0) is 13.7. The van der Waals surface area contributed by atoms with Gasteiger partial charge in [0.1, 0.15) is 0 Å². The van der Waals surface area contributed by atoms with Crippen molar-refractivity contribution in [2.24, 2.45) is 5.73 Å². The summed E-state index contributed by atoms with van der Waals surface area (Å²) in [4.78, 5) is 25.0. The normalized spacial score (nSPS) is 24.4. The molecule has 1 aliphatic heterocycles. The van der Waals surface area contributed by atoms with Crippen molar-refractivity contribution in [2.75, 3.05) is 20.1 Å². The molecular weight excluding hydrogens is 234 g/mol. The summed E-state index contributed by atoms with van der Waals surface area (Å²) in [5.74, 6) is -0.188. The van der Waals surface area contributed by atoms with E-state index in [0.717, 1.165) is 6.42 Å². The van der Waals surface area contributed by atoms with Gasteiger partial charge in [0.05, 0.1) is 12.1 Å². The molecule has 0 bridgehead atoms. The molecule has 0 aromatic carbocycles. The second-order valence-corrected chi connectivity index (χ2v) is 4.61. The minimum absolute atomic E-state index is 0.0214. The third kappa shape index (κ3) is 3.99. The first-order valence-corrected chi connectivity index (χ1v) is 6.00. The van der Waals surface area contributed by atoms with Gasteiger partial charge in [-0.3, -0.25) is 19.9 Å². The van der Waals surface area contributed by atoms with E-state index in [9.17, 15) is 9.59 Å². The zero-order valence-corrected chi connectivity index (χ0v) is 10.8. The molecule has 0 aromatic rings. The fourth-order valence-corrected chi connectivity index (χ4v) is 2.03. The van der Waals surface area contributed by atoms with Gasteiger partial charge in [-0.25, -0.2) is 0 Å². The van der Waals surface area contributed by atoms with Crippen molar-refractivity contribution in [3.63, 3.8) is 0 Å². The molecule has 1 aliphatic rings. The number of nitrogens with zero attached hydrogens (tertiary/aromatic N) is 1. The molecule has 1 rings (SSSR count). The number of Topliss-reactive ketones (excluding diaryl/α,β-unsaturated/α-hetero) is 1. The van der Waals surface area contributed by atoms with E-state index < -0.39 is 6.04 Å². The van der Waals surface area contributed by atoms with Crippen molar-refractivity contribution in [3.05, 3.63) is 0 Å². The van der Waals surface area contributed by atoms with Crippen molar-refractivity contribution >= 4 is 17.6 Å². The molecule has 0 aliphatic carbocycles. The van der Waals surface area contributed by atoms with E-state index in [2.05, 4.69) is 10.6 Å². The Morgan fingerprint density at radius 2 is 2.33 bits per heavy atom. The minimum atomic E-state index is -0.394. The second kappa shape index (κ2) is 6.34. The lowest BCUT2D eigenvalue weighted by Gasteiger charge is -2.36. The second-order valence-electron chi connectivity index (χ2n) is 4.61. The van der Waals surface area contributed by atoms with Crippen LogP contribution in [0.2, 0.25) is 0 Å². The molecule has 7 nitrogen and oxygen atoms in total. The summed E-state index contributed by atoms with van der Waals surface area (Å²) < 4.78 is 0. The van der Waals surface area contributed by atoms with Crippen LogP contribution in [0, 0.1) is 5.41 Å². The van der Waals surface area contributed by atoms with Crippen LogP contribution in [0.4, 0.5) is 0 Å². The van der Waals surface area contributed by atoms with Gasteiger partial charge >= 0.3 is 0 Å². The molecule has 102 valence electrons. The molecule has 1 fully saturated rings. The van der Waals surface area contributed by atoms with Gasteiger partial charge in [0, 0.05) is 13.1 Å². The van der Waals surface area contributed by atoms with E-state index >= 15 is 0 Å². The topological polar surface area (TPSA) is 111 Å². The lowest BCUT2D eigenvalue weighted by atomic mass is 10.0. The highest BCUT2D eigenvalue weighted by Gasteiger charge is 2.33. The first kappa shape index (κ1) is 14.4. The molecule has 0 aromatic heterocycles. The molecule has 1 heterocycles. The van der Waals surface area contributed by atoms with Crippen LogP contribution in [-0.4, -0.2) is 54.8 Å². The van der Waals surface area contributed by atoms with Crippen LogP contribution in [0.3, 0.4) is 0 Å². The Kier molecular flexibility index (Phi) is 5.08. The molecule has 1 amide bonds. The predicted octanol–water partition coefficient (Wildman–Crippen LogP) is -1.36. The van der Waals surface area contributed by atoms with E-state index in [1.165, 1.54) is 6.92 Å². The van der Waals surface area contributed by atoms with Crippen LogP contribution in [0.1, 0.15) is 19.8 Å². The van der Waals surface area contributed by atoms with E-state index in [-0.39, 0.29) is 23.7 Å². The van der Waals surface area contributed by atoms with Gasteiger partial charge in [-0.1, -0.05) is 0 Å². The smallest absolute Gasteiger partial charge is 0.237 e. The standard InChI is InChI=1S/C11H21N5O2/c1-7(17)8-6-16(2)9(10(18)15-8)4-3-5-14-11(12)13/h8-9H,3-6H2,1-2H3,(H,15,18)(H4,12,13,14)/t8-,9+/m1/s1. The van der Waals surface area contributed by atoms with E-state index in [0.29, 0.717) is 19.5 Å². The zero-order valence-electron chi connectivity index (χ0n) is 10.8. The number of piperazine rings is 1. The SMILES string of the molecule is CC(=O)[C@H]1CN(C)[C@@H](CCCNC(=N)N)C(=O)N1. The lowest BCUT2D eigenvalue weighted by molar-refractivity contribution is -0.135. The van der Waals surface area contributed by atoms with E-state index in [1.54, 1.807) is 0 Å². The molecular formula is C11H21N5O2. The van der Waals surface area contributed by atoms with Gasteiger partial charge in [-0.2, -0.15) is 0 Å². The van der Waals surface area contributed by atoms with Gasteiger partial charge in [0.2, 0.25) is 5.91 Å². The molecule has 2 atom stereocenters. The summed E-state index contributed by atoms with van der Waals surface area (Å²) >= 11 is 0. The molecule has 0 saturated carbocycles. The Labute approximate surface area is 107 Å². The van der Waals surface area contributed by atoms with Crippen LogP contribution in [-0.2, 0) is 9.59 Å². The molecule has 0 spiro atoms. The van der Waals surface area contributed by atoms with Crippen LogP contribution in [0.5, 0.6) is 0 Å². The number of amides is 1. The molecule has 0 radical (unpaired) electrons. The van der Waals surface area contributed by atoms with Crippen molar-refractivity contribution in [1.29, 1.82) is 5.41 Å². The number of ketones is 1. The van der Waals surface area contributed by atoms with Gasteiger partial charge in [-0.05, 0) is 26.8 Å².